The van der Waals surface area contributed by atoms with Crippen LogP contribution in [0, 0.1) is 0 Å². The predicted octanol–water partition coefficient (Wildman–Crippen LogP) is 3.65. The van der Waals surface area contributed by atoms with E-state index in [4.69, 9.17) is 5.73 Å². The molecule has 1 nitrogen and oxygen atoms in total. The molecule has 0 aliphatic heterocycles. The molecule has 0 bridgehead atoms. The highest BCUT2D eigenvalue weighted by molar-refractivity contribution is 7.12. The van der Waals surface area contributed by atoms with Gasteiger partial charge >= 0.3 is 0 Å². The van der Waals surface area contributed by atoms with Crippen LogP contribution < -0.4 is 5.73 Å². The second kappa shape index (κ2) is 4.52. The Hall–Kier alpha value is -1.12. The molecule has 0 saturated carbocycles. The Morgan fingerprint density at radius 2 is 1.94 bits per heavy atom. The molecule has 2 N–H and O–H groups in total. The molecule has 0 spiro atoms. The van der Waals surface area contributed by atoms with Crippen LogP contribution in [0.2, 0.25) is 0 Å². The van der Waals surface area contributed by atoms with Crippen molar-refractivity contribution in [1.29, 1.82) is 0 Å². The quantitative estimate of drug-likeness (QED) is 0.892. The maximum absolute atomic E-state index is 6.66. The average Bonchev–Trinajstić information content (AvgIpc) is 2.96. The van der Waals surface area contributed by atoms with Gasteiger partial charge in [-0.25, -0.2) is 0 Å². The first-order valence-electron chi connectivity index (χ1n) is 6.66. The molecule has 2 heteroatoms. The summed E-state index contributed by atoms with van der Waals surface area (Å²) in [6, 6.07) is 13.1. The number of hydrogen-bond donors (Lipinski definition) is 1. The number of rotatable bonds is 3. The number of hydrogen-bond acceptors (Lipinski definition) is 2. The molecule has 18 heavy (non-hydrogen) atoms. The molecule has 1 heterocycles. The van der Waals surface area contributed by atoms with Crippen LogP contribution >= 0.6 is 11.3 Å². The Morgan fingerprint density at radius 1 is 1.17 bits per heavy atom. The first-order valence-corrected chi connectivity index (χ1v) is 7.48. The predicted molar refractivity (Wildman–Crippen MR) is 78.0 cm³/mol. The molecule has 1 aliphatic carbocycles. The van der Waals surface area contributed by atoms with Crippen molar-refractivity contribution in [3.05, 3.63) is 57.3 Å². The minimum absolute atomic E-state index is 0.146. The summed E-state index contributed by atoms with van der Waals surface area (Å²) in [5.41, 5.74) is 9.31. The maximum Gasteiger partial charge on any atom is 0.0464 e. The molecule has 1 aromatic heterocycles. The van der Waals surface area contributed by atoms with Gasteiger partial charge in [-0.15, -0.1) is 11.3 Å². The zero-order valence-electron chi connectivity index (χ0n) is 10.8. The molecule has 1 atom stereocenters. The van der Waals surface area contributed by atoms with Crippen molar-refractivity contribution < 1.29 is 0 Å². The van der Waals surface area contributed by atoms with Crippen molar-refractivity contribution in [2.75, 3.05) is 0 Å². The smallest absolute Gasteiger partial charge is 0.0464 e. The standard InChI is InChI=1S/C16H19NS/c1-2-13-7-8-14(18-13)11-16(17)10-9-12-5-3-4-6-15(12)16/h3-8H,2,9-11,17H2,1H3. The molecular formula is C16H19NS. The highest BCUT2D eigenvalue weighted by atomic mass is 32.1. The van der Waals surface area contributed by atoms with Gasteiger partial charge < -0.3 is 5.73 Å². The van der Waals surface area contributed by atoms with Crippen LogP contribution in [-0.2, 0) is 24.8 Å². The second-order valence-electron chi connectivity index (χ2n) is 5.21. The van der Waals surface area contributed by atoms with Crippen molar-refractivity contribution in [2.45, 2.75) is 38.1 Å². The summed E-state index contributed by atoms with van der Waals surface area (Å²) in [6.07, 6.45) is 4.30. The highest BCUT2D eigenvalue weighted by Gasteiger charge is 2.34. The van der Waals surface area contributed by atoms with Gasteiger partial charge in [0.2, 0.25) is 0 Å². The number of aryl methyl sites for hydroxylation is 2. The minimum atomic E-state index is -0.146. The van der Waals surface area contributed by atoms with E-state index in [-0.39, 0.29) is 5.54 Å². The third-order valence-electron chi connectivity index (χ3n) is 3.95. The van der Waals surface area contributed by atoms with E-state index in [2.05, 4.69) is 43.3 Å². The van der Waals surface area contributed by atoms with Gasteiger partial charge in [0.05, 0.1) is 0 Å². The van der Waals surface area contributed by atoms with Gasteiger partial charge in [0.1, 0.15) is 0 Å². The summed E-state index contributed by atoms with van der Waals surface area (Å²) in [5, 5.41) is 0. The molecule has 1 unspecified atom stereocenters. The van der Waals surface area contributed by atoms with Crippen LogP contribution in [0.15, 0.2) is 36.4 Å². The normalized spacial score (nSPS) is 22.1. The topological polar surface area (TPSA) is 26.0 Å². The fourth-order valence-corrected chi connectivity index (χ4v) is 4.00. The molecule has 1 aromatic carbocycles. The van der Waals surface area contributed by atoms with Gasteiger partial charge in [0.25, 0.3) is 0 Å². The van der Waals surface area contributed by atoms with Crippen molar-refractivity contribution >= 4 is 11.3 Å². The molecule has 3 rings (SSSR count). The van der Waals surface area contributed by atoms with Gasteiger partial charge in [-0.1, -0.05) is 31.2 Å². The summed E-state index contributed by atoms with van der Waals surface area (Å²) >= 11 is 1.91. The van der Waals surface area contributed by atoms with E-state index < -0.39 is 0 Å². The van der Waals surface area contributed by atoms with Crippen LogP contribution in [0.3, 0.4) is 0 Å². The first kappa shape index (κ1) is 11.9. The maximum atomic E-state index is 6.66. The van der Waals surface area contributed by atoms with Gasteiger partial charge in [-0.2, -0.15) is 0 Å². The lowest BCUT2D eigenvalue weighted by molar-refractivity contribution is 0.442. The third-order valence-corrected chi connectivity index (χ3v) is 5.18. The molecule has 0 amide bonds. The minimum Gasteiger partial charge on any atom is -0.321 e. The molecule has 94 valence electrons. The van der Waals surface area contributed by atoms with Crippen LogP contribution in [0.4, 0.5) is 0 Å². The van der Waals surface area contributed by atoms with E-state index in [1.165, 1.54) is 20.9 Å². The van der Waals surface area contributed by atoms with E-state index >= 15 is 0 Å². The molecular weight excluding hydrogens is 238 g/mol. The summed E-state index contributed by atoms with van der Waals surface area (Å²) < 4.78 is 0. The lowest BCUT2D eigenvalue weighted by Crippen LogP contribution is -2.36. The summed E-state index contributed by atoms with van der Waals surface area (Å²) in [7, 11) is 0. The van der Waals surface area contributed by atoms with Gasteiger partial charge in [-0.05, 0) is 42.5 Å². The van der Waals surface area contributed by atoms with E-state index in [0.29, 0.717) is 0 Å². The lowest BCUT2D eigenvalue weighted by Gasteiger charge is -2.24. The Labute approximate surface area is 113 Å². The van der Waals surface area contributed by atoms with E-state index in [0.717, 1.165) is 25.7 Å². The molecule has 1 aliphatic rings. The average molecular weight is 257 g/mol. The number of thiophene rings is 1. The SMILES string of the molecule is CCc1ccc(CC2(N)CCc3ccccc32)s1. The Bertz CT molecular complexity index is 558. The Balaban J connectivity index is 1.88. The van der Waals surface area contributed by atoms with Crippen LogP contribution in [-0.4, -0.2) is 0 Å². The van der Waals surface area contributed by atoms with Crippen molar-refractivity contribution in [3.8, 4) is 0 Å². The second-order valence-corrected chi connectivity index (χ2v) is 6.46. The monoisotopic (exact) mass is 257 g/mol. The van der Waals surface area contributed by atoms with Gasteiger partial charge in [0, 0.05) is 21.7 Å². The lowest BCUT2D eigenvalue weighted by atomic mass is 9.89. The highest BCUT2D eigenvalue weighted by Crippen LogP contribution is 2.38. The molecule has 0 saturated heterocycles. The van der Waals surface area contributed by atoms with E-state index in [1.54, 1.807) is 0 Å². The summed E-state index contributed by atoms with van der Waals surface area (Å²) in [4.78, 5) is 2.88. The summed E-state index contributed by atoms with van der Waals surface area (Å²) in [5.74, 6) is 0. The zero-order valence-corrected chi connectivity index (χ0v) is 11.6. The van der Waals surface area contributed by atoms with Gasteiger partial charge in [-0.3, -0.25) is 0 Å². The van der Waals surface area contributed by atoms with Crippen LogP contribution in [0.1, 0.15) is 34.2 Å². The number of fused-ring (bicyclic) bond motifs is 1. The van der Waals surface area contributed by atoms with E-state index in [1.807, 2.05) is 11.3 Å². The van der Waals surface area contributed by atoms with Crippen molar-refractivity contribution in [3.63, 3.8) is 0 Å². The Morgan fingerprint density at radius 3 is 2.72 bits per heavy atom. The zero-order chi connectivity index (χ0) is 12.6. The Kier molecular flexibility index (Phi) is 3.00. The van der Waals surface area contributed by atoms with Crippen molar-refractivity contribution in [1.82, 2.24) is 0 Å². The summed E-state index contributed by atoms with van der Waals surface area (Å²) in [6.45, 7) is 2.21. The fraction of sp³-hybridized carbons (Fsp3) is 0.375. The number of nitrogens with two attached hydrogens (primary N) is 1. The third kappa shape index (κ3) is 2.00. The fourth-order valence-electron chi connectivity index (χ4n) is 2.92. The van der Waals surface area contributed by atoms with Crippen molar-refractivity contribution in [2.24, 2.45) is 5.73 Å². The van der Waals surface area contributed by atoms with Gasteiger partial charge in [0.15, 0.2) is 0 Å². The van der Waals surface area contributed by atoms with Crippen LogP contribution in [0.25, 0.3) is 0 Å². The van der Waals surface area contributed by atoms with E-state index in [9.17, 15) is 0 Å². The largest absolute Gasteiger partial charge is 0.321 e. The number of benzene rings is 1. The first-order chi connectivity index (χ1) is 8.71. The molecule has 0 radical (unpaired) electrons. The molecule has 2 aromatic rings. The van der Waals surface area contributed by atoms with Crippen LogP contribution in [0.5, 0.6) is 0 Å². The molecule has 0 fully saturated rings.